The molecule has 0 radical (unpaired) electrons. The molecule has 1 heterocycles. The average molecular weight is 616 g/mol. The zero-order valence-electron chi connectivity index (χ0n) is 26.2. The summed E-state index contributed by atoms with van der Waals surface area (Å²) < 4.78 is 23.2. The van der Waals surface area contributed by atoms with Crippen LogP contribution in [0.25, 0.3) is 0 Å². The van der Waals surface area contributed by atoms with Crippen molar-refractivity contribution in [3.8, 4) is 17.2 Å². The van der Waals surface area contributed by atoms with Crippen LogP contribution in [0, 0.1) is 0 Å². The van der Waals surface area contributed by atoms with Crippen molar-refractivity contribution in [3.05, 3.63) is 148 Å². The molecule has 0 bridgehead atoms. The second-order valence-electron chi connectivity index (χ2n) is 11.5. The molecule has 0 saturated carbocycles. The number of ketones is 1. The largest absolute Gasteiger partial charge is 0.493 e. The smallest absolute Gasteiger partial charge is 0.337 e. The van der Waals surface area contributed by atoms with Gasteiger partial charge in [-0.3, -0.25) is 4.79 Å². The summed E-state index contributed by atoms with van der Waals surface area (Å²) in [5.41, 5.74) is 6.06. The summed E-state index contributed by atoms with van der Waals surface area (Å²) in [7, 11) is 3.20. The van der Waals surface area contributed by atoms with E-state index in [1.807, 2.05) is 110 Å². The fraction of sp³-hybridized carbons (Fsp3) is 0.231. The minimum atomic E-state index is -0.662. The number of ether oxygens (including phenoxy) is 4. The minimum absolute atomic E-state index is 0.0303. The second kappa shape index (κ2) is 13.8. The van der Waals surface area contributed by atoms with Gasteiger partial charge in [0.2, 0.25) is 0 Å². The molecule has 1 aliphatic heterocycles. The Morgan fingerprint density at radius 2 is 1.41 bits per heavy atom. The Morgan fingerprint density at radius 1 is 0.761 bits per heavy atom. The molecule has 4 aromatic carbocycles. The van der Waals surface area contributed by atoms with Crippen molar-refractivity contribution in [3.63, 3.8) is 0 Å². The standard InChI is InChI=1S/C39H37NO6/c1-25-36(39(42)46-24-27-14-8-5-9-15-27)37(30-16-10-11-17-33(30)45-23-26-12-6-4-7-13-26)38-31(40-25)20-29(21-32(38)41)28-18-19-34(43-2)35(22-28)44-3/h4-19,22,29,37,40H,20-21,23-24H2,1-3H3/t29-,37-/m1/s1. The SMILES string of the molecule is COc1ccc([C@H]2CC(=O)C3=C(C2)NC(C)=C(C(=O)OCc2ccccc2)[C@H]3c2ccccc2OCc2ccccc2)cc1OC. The molecular formula is C39H37NO6. The summed E-state index contributed by atoms with van der Waals surface area (Å²) in [6.07, 6.45) is 0.870. The van der Waals surface area contributed by atoms with E-state index in [2.05, 4.69) is 5.32 Å². The highest BCUT2D eigenvalue weighted by Crippen LogP contribution is 2.48. The minimum Gasteiger partial charge on any atom is -0.493 e. The number of carbonyl (C=O) groups is 2. The first kappa shape index (κ1) is 30.7. The quantitative estimate of drug-likeness (QED) is 0.186. The number of para-hydroxylation sites is 1. The van der Waals surface area contributed by atoms with Crippen LogP contribution in [0.3, 0.4) is 0 Å². The molecule has 7 nitrogen and oxygen atoms in total. The van der Waals surface area contributed by atoms with E-state index in [1.54, 1.807) is 14.2 Å². The lowest BCUT2D eigenvalue weighted by Crippen LogP contribution is -2.36. The zero-order chi connectivity index (χ0) is 32.0. The summed E-state index contributed by atoms with van der Waals surface area (Å²) in [6.45, 7) is 2.34. The van der Waals surface area contributed by atoms with Crippen LogP contribution in [-0.2, 0) is 27.5 Å². The maximum Gasteiger partial charge on any atom is 0.337 e. The summed E-state index contributed by atoms with van der Waals surface area (Å²) in [5, 5.41) is 3.45. The van der Waals surface area contributed by atoms with E-state index in [1.165, 1.54) is 0 Å². The normalized spacial score (nSPS) is 17.6. The molecule has 0 aromatic heterocycles. The van der Waals surface area contributed by atoms with Crippen molar-refractivity contribution in [2.75, 3.05) is 14.2 Å². The topological polar surface area (TPSA) is 83.1 Å². The monoisotopic (exact) mass is 615 g/mol. The van der Waals surface area contributed by atoms with Crippen LogP contribution in [0.15, 0.2) is 126 Å². The molecule has 0 spiro atoms. The predicted molar refractivity (Wildman–Crippen MR) is 176 cm³/mol. The van der Waals surface area contributed by atoms with Gasteiger partial charge in [0.1, 0.15) is 19.0 Å². The molecule has 2 aliphatic rings. The van der Waals surface area contributed by atoms with Crippen molar-refractivity contribution >= 4 is 11.8 Å². The average Bonchev–Trinajstić information content (AvgIpc) is 3.09. The molecule has 46 heavy (non-hydrogen) atoms. The van der Waals surface area contributed by atoms with Crippen LogP contribution in [0.1, 0.15) is 53.9 Å². The fourth-order valence-corrected chi connectivity index (χ4v) is 6.35. The van der Waals surface area contributed by atoms with Gasteiger partial charge in [-0.2, -0.15) is 0 Å². The molecule has 7 heteroatoms. The molecule has 2 atom stereocenters. The molecule has 0 amide bonds. The highest BCUT2D eigenvalue weighted by atomic mass is 16.5. The summed E-state index contributed by atoms with van der Waals surface area (Å²) in [4.78, 5) is 28.2. The first-order chi connectivity index (χ1) is 22.5. The van der Waals surface area contributed by atoms with E-state index in [0.29, 0.717) is 47.1 Å². The fourth-order valence-electron chi connectivity index (χ4n) is 6.35. The van der Waals surface area contributed by atoms with Crippen molar-refractivity contribution in [2.24, 2.45) is 0 Å². The van der Waals surface area contributed by atoms with Crippen LogP contribution in [0.5, 0.6) is 17.2 Å². The number of allylic oxidation sites excluding steroid dienone is 3. The molecule has 6 rings (SSSR count). The number of carbonyl (C=O) groups excluding carboxylic acids is 2. The number of esters is 1. The van der Waals surface area contributed by atoms with E-state index < -0.39 is 11.9 Å². The molecular weight excluding hydrogens is 578 g/mol. The van der Waals surface area contributed by atoms with Crippen LogP contribution >= 0.6 is 0 Å². The molecule has 4 aromatic rings. The van der Waals surface area contributed by atoms with E-state index in [0.717, 1.165) is 28.0 Å². The van der Waals surface area contributed by atoms with Crippen LogP contribution < -0.4 is 19.5 Å². The Balaban J connectivity index is 1.38. The number of nitrogens with one attached hydrogen (secondary N) is 1. The Hall–Kier alpha value is -5.30. The Kier molecular flexibility index (Phi) is 9.20. The number of Topliss-reactive ketones (excluding diaryl/α,β-unsaturated/α-hetero) is 1. The van der Waals surface area contributed by atoms with Gasteiger partial charge in [0.25, 0.3) is 0 Å². The first-order valence-electron chi connectivity index (χ1n) is 15.4. The molecule has 1 N–H and O–H groups in total. The Labute approximate surface area is 269 Å². The molecule has 1 aliphatic carbocycles. The van der Waals surface area contributed by atoms with E-state index >= 15 is 0 Å². The van der Waals surface area contributed by atoms with Gasteiger partial charge in [-0.1, -0.05) is 84.9 Å². The maximum absolute atomic E-state index is 14.2. The second-order valence-corrected chi connectivity index (χ2v) is 11.5. The van der Waals surface area contributed by atoms with E-state index in [4.69, 9.17) is 18.9 Å². The summed E-state index contributed by atoms with van der Waals surface area (Å²) in [5.74, 6) is 0.615. The number of hydrogen-bond acceptors (Lipinski definition) is 7. The van der Waals surface area contributed by atoms with Crippen molar-refractivity contribution in [2.45, 2.75) is 44.8 Å². The molecule has 0 saturated heterocycles. The third-order valence-electron chi connectivity index (χ3n) is 8.61. The van der Waals surface area contributed by atoms with Crippen molar-refractivity contribution in [1.82, 2.24) is 5.32 Å². The third kappa shape index (κ3) is 6.40. The lowest BCUT2D eigenvalue weighted by atomic mass is 9.71. The maximum atomic E-state index is 14.2. The highest BCUT2D eigenvalue weighted by Gasteiger charge is 2.42. The Bertz CT molecular complexity index is 1790. The number of dihydropyridines is 1. The van der Waals surface area contributed by atoms with E-state index in [-0.39, 0.29) is 24.7 Å². The highest BCUT2D eigenvalue weighted by molar-refractivity contribution is 6.04. The van der Waals surface area contributed by atoms with Crippen LogP contribution in [-0.4, -0.2) is 26.0 Å². The van der Waals surface area contributed by atoms with Crippen molar-refractivity contribution < 1.29 is 28.5 Å². The summed E-state index contributed by atoms with van der Waals surface area (Å²) >= 11 is 0. The van der Waals surface area contributed by atoms with Gasteiger partial charge < -0.3 is 24.3 Å². The van der Waals surface area contributed by atoms with Crippen molar-refractivity contribution in [1.29, 1.82) is 0 Å². The number of benzene rings is 4. The number of rotatable bonds is 10. The van der Waals surface area contributed by atoms with Gasteiger partial charge in [-0.05, 0) is 54.2 Å². The van der Waals surface area contributed by atoms with Gasteiger partial charge in [-0.15, -0.1) is 0 Å². The summed E-state index contributed by atoms with van der Waals surface area (Å²) in [6, 6.07) is 32.9. The van der Waals surface area contributed by atoms with Gasteiger partial charge in [0.05, 0.1) is 25.7 Å². The molecule has 234 valence electrons. The lowest BCUT2D eigenvalue weighted by molar-refractivity contribution is -0.140. The number of methoxy groups -OCH3 is 2. The van der Waals surface area contributed by atoms with Gasteiger partial charge in [0.15, 0.2) is 17.3 Å². The zero-order valence-corrected chi connectivity index (χ0v) is 26.2. The van der Waals surface area contributed by atoms with Gasteiger partial charge in [0, 0.05) is 29.0 Å². The third-order valence-corrected chi connectivity index (χ3v) is 8.61. The first-order valence-corrected chi connectivity index (χ1v) is 15.4. The predicted octanol–water partition coefficient (Wildman–Crippen LogP) is 7.39. The van der Waals surface area contributed by atoms with Gasteiger partial charge >= 0.3 is 5.97 Å². The lowest BCUT2D eigenvalue weighted by Gasteiger charge is -2.37. The Morgan fingerprint density at radius 3 is 2.11 bits per heavy atom. The molecule has 0 unspecified atom stereocenters. The van der Waals surface area contributed by atoms with E-state index in [9.17, 15) is 9.59 Å². The van der Waals surface area contributed by atoms with Crippen LogP contribution in [0.2, 0.25) is 0 Å². The molecule has 0 fully saturated rings. The number of hydrogen-bond donors (Lipinski definition) is 1. The van der Waals surface area contributed by atoms with Gasteiger partial charge in [-0.25, -0.2) is 4.79 Å². The van der Waals surface area contributed by atoms with Crippen LogP contribution in [0.4, 0.5) is 0 Å².